The van der Waals surface area contributed by atoms with Crippen LogP contribution in [0.3, 0.4) is 0 Å². The van der Waals surface area contributed by atoms with E-state index in [-0.39, 0.29) is 25.7 Å². The van der Waals surface area contributed by atoms with Crippen LogP contribution in [0, 0.1) is 0 Å². The number of aliphatic carboxylic acids is 4. The van der Waals surface area contributed by atoms with Gasteiger partial charge in [0.25, 0.3) is 0 Å². The van der Waals surface area contributed by atoms with E-state index >= 15 is 0 Å². The van der Waals surface area contributed by atoms with Gasteiger partial charge in [-0.2, -0.15) is 0 Å². The number of carbonyl (C=O) groups is 4. The number of hydrogen-bond acceptors (Lipinski definition) is 6. The van der Waals surface area contributed by atoms with Crippen LogP contribution in [-0.2, 0) is 45.4 Å². The fourth-order valence-electron chi connectivity index (χ4n) is 12.1. The Balaban J connectivity index is 1.19. The zero-order valence-corrected chi connectivity index (χ0v) is 50.8. The number of aromatic nitrogens is 8. The molecule has 88 heavy (non-hydrogen) atoms. The highest BCUT2D eigenvalue weighted by molar-refractivity contribution is 5.99. The molecule has 0 unspecified atom stereocenters. The minimum atomic E-state index is -0.747. The van der Waals surface area contributed by atoms with Crippen LogP contribution in [0.1, 0.15) is 177 Å². The standard InChI is InChI=1S/C72H82N8O8/c81-65(82)29-13-5-1-9-17-41-77-45-21-25-53(49-77)69-57-33-35-59(73-57)70(54-26-22-46-78(50-54)42-18-10-2-6-14-30-66(83)84)61-37-39-63(75-61)72(56-28-24-48-80(52-56)44-20-12-4-8-16-32-68(87)88)64-40-38-62(76-64)71(60-36-34-58(69)74-60)55-27-23-47-79(51-55)43-19-11-3-7-15-31-67(85)86/h21-28,33-40,45-52H,1-20,29-32,41-44H2,(H2-4,73,74,75,76,81,82,83,84,85,86,87,88)/p+4. The zero-order chi connectivity index (χ0) is 61.5. The van der Waals surface area contributed by atoms with E-state index in [0.717, 1.165) is 218 Å². The molecule has 16 heteroatoms. The SMILES string of the molecule is O=C(O)CCCCCCC[n+]1cccc(-c2c3nc(c(-c4ccc[n+](CCCCCCCC(=O)O)c4)c4ccc([nH]4)c(-c4ccc[n+](CCCCCCCC(=O)O)c4)c4nc(c(-c5ccc[n+](CCCCCCCC(=O)O)c5)c5ccc2[nH]5)C=C4)C=C3)c1. The molecule has 8 bridgehead atoms. The molecule has 0 atom stereocenters. The van der Waals surface area contributed by atoms with Gasteiger partial charge in [-0.3, -0.25) is 19.2 Å². The maximum Gasteiger partial charge on any atom is 0.303 e. The highest BCUT2D eigenvalue weighted by atomic mass is 16.4. The number of aromatic amines is 2. The van der Waals surface area contributed by atoms with Crippen LogP contribution in [0.25, 0.3) is 90.9 Å². The second-order valence-electron chi connectivity index (χ2n) is 23.5. The molecule has 9 heterocycles. The maximum atomic E-state index is 11.1. The summed E-state index contributed by atoms with van der Waals surface area (Å²) >= 11 is 0. The van der Waals surface area contributed by atoms with Crippen LogP contribution >= 0.6 is 0 Å². The molecular formula is C72H86N8O8+4. The van der Waals surface area contributed by atoms with Crippen LogP contribution in [0.2, 0.25) is 0 Å². The Hall–Kier alpha value is -8.92. The number of nitrogens with zero attached hydrogens (tertiary/aromatic N) is 6. The number of pyridine rings is 4. The highest BCUT2D eigenvalue weighted by Crippen LogP contribution is 2.38. The van der Waals surface area contributed by atoms with Gasteiger partial charge in [-0.05, 0) is 124 Å². The van der Waals surface area contributed by atoms with E-state index in [1.54, 1.807) is 0 Å². The highest BCUT2D eigenvalue weighted by Gasteiger charge is 2.23. The first-order chi connectivity index (χ1) is 42.9. The lowest BCUT2D eigenvalue weighted by Gasteiger charge is -2.07. The molecule has 0 saturated carbocycles. The predicted molar refractivity (Wildman–Crippen MR) is 343 cm³/mol. The van der Waals surface area contributed by atoms with Crippen molar-refractivity contribution in [1.82, 2.24) is 19.9 Å². The Morgan fingerprint density at radius 3 is 0.750 bits per heavy atom. The lowest BCUT2D eigenvalue weighted by atomic mass is 10.1. The fraction of sp³-hybridized carbons (Fsp3) is 0.389. The van der Waals surface area contributed by atoms with E-state index < -0.39 is 23.9 Å². The molecule has 0 aromatic carbocycles. The molecular weight excluding hydrogens is 1100 g/mol. The molecule has 458 valence electrons. The number of H-pyrrole nitrogens is 2. The van der Waals surface area contributed by atoms with Crippen molar-refractivity contribution >= 4 is 70.2 Å². The zero-order valence-electron chi connectivity index (χ0n) is 50.8. The summed E-state index contributed by atoms with van der Waals surface area (Å²) in [5.74, 6) is -2.99. The summed E-state index contributed by atoms with van der Waals surface area (Å²) in [7, 11) is 0. The lowest BCUT2D eigenvalue weighted by Crippen LogP contribution is -2.32. The van der Waals surface area contributed by atoms with Gasteiger partial charge in [-0.1, -0.05) is 51.4 Å². The van der Waals surface area contributed by atoms with E-state index in [1.807, 2.05) is 0 Å². The number of nitrogens with one attached hydrogen (secondary N) is 2. The van der Waals surface area contributed by atoms with Crippen molar-refractivity contribution in [3.05, 3.63) is 145 Å². The Bertz CT molecular complexity index is 3310. The molecule has 16 nitrogen and oxygen atoms in total. The Labute approximate surface area is 515 Å². The first-order valence-corrected chi connectivity index (χ1v) is 32.0. The van der Waals surface area contributed by atoms with Crippen molar-refractivity contribution in [1.29, 1.82) is 0 Å². The number of aryl methyl sites for hydroxylation is 4. The molecule has 0 radical (unpaired) electrons. The normalized spacial score (nSPS) is 11.8. The van der Waals surface area contributed by atoms with Gasteiger partial charge in [-0.15, -0.1) is 0 Å². The van der Waals surface area contributed by atoms with Crippen molar-refractivity contribution in [2.45, 2.75) is 180 Å². The average molecular weight is 1190 g/mol. The summed E-state index contributed by atoms with van der Waals surface area (Å²) in [4.78, 5) is 63.6. The van der Waals surface area contributed by atoms with Crippen molar-refractivity contribution < 1.29 is 57.9 Å². The van der Waals surface area contributed by atoms with Crippen molar-refractivity contribution in [2.75, 3.05) is 0 Å². The number of rotatable bonds is 36. The number of carboxylic acids is 4. The van der Waals surface area contributed by atoms with Crippen LogP contribution in [0.4, 0.5) is 0 Å². The number of hydrogen-bond donors (Lipinski definition) is 6. The second-order valence-corrected chi connectivity index (χ2v) is 23.5. The molecule has 0 aliphatic carbocycles. The van der Waals surface area contributed by atoms with Crippen LogP contribution in [0.5, 0.6) is 0 Å². The summed E-state index contributed by atoms with van der Waals surface area (Å²) < 4.78 is 8.96. The second kappa shape index (κ2) is 32.7. The Morgan fingerprint density at radius 2 is 0.523 bits per heavy atom. The van der Waals surface area contributed by atoms with E-state index in [9.17, 15) is 19.2 Å². The van der Waals surface area contributed by atoms with Crippen molar-refractivity contribution in [2.24, 2.45) is 0 Å². The molecule has 0 saturated heterocycles. The van der Waals surface area contributed by atoms with Crippen LogP contribution < -0.4 is 18.3 Å². The molecule has 7 aromatic heterocycles. The monoisotopic (exact) mass is 1190 g/mol. The molecule has 0 fully saturated rings. The topological polar surface area (TPSA) is 222 Å². The maximum absolute atomic E-state index is 11.1. The Morgan fingerprint density at radius 1 is 0.307 bits per heavy atom. The number of unbranched alkanes of at least 4 members (excludes halogenated alkanes) is 16. The summed E-state index contributed by atoms with van der Waals surface area (Å²) in [5.41, 5.74) is 14.6. The van der Waals surface area contributed by atoms with Gasteiger partial charge in [0, 0.05) is 142 Å². The van der Waals surface area contributed by atoms with Crippen LogP contribution in [-0.4, -0.2) is 64.2 Å². The fourth-order valence-corrected chi connectivity index (χ4v) is 12.1. The minimum absolute atomic E-state index is 0.204. The summed E-state index contributed by atoms with van der Waals surface area (Å²) in [6, 6.07) is 25.6. The van der Waals surface area contributed by atoms with E-state index in [0.29, 0.717) is 25.7 Å². The van der Waals surface area contributed by atoms with Crippen LogP contribution in [0.15, 0.2) is 122 Å². The molecule has 0 amide bonds. The van der Waals surface area contributed by atoms with E-state index in [4.69, 9.17) is 30.4 Å². The van der Waals surface area contributed by atoms with Gasteiger partial charge in [0.15, 0.2) is 49.6 Å². The van der Waals surface area contributed by atoms with E-state index in [2.05, 4.69) is 175 Å². The molecule has 2 aliphatic rings. The third-order valence-corrected chi connectivity index (χ3v) is 16.6. The smallest absolute Gasteiger partial charge is 0.303 e. The molecule has 9 rings (SSSR count). The molecule has 0 spiro atoms. The van der Waals surface area contributed by atoms with Gasteiger partial charge in [0.05, 0.1) is 22.8 Å². The summed E-state index contributed by atoms with van der Waals surface area (Å²) in [6.45, 7) is 3.23. The third-order valence-electron chi connectivity index (χ3n) is 16.6. The molecule has 6 N–H and O–H groups in total. The average Bonchev–Trinajstić information content (AvgIpc) is 1.92. The van der Waals surface area contributed by atoms with Gasteiger partial charge < -0.3 is 30.4 Å². The summed E-state index contributed by atoms with van der Waals surface area (Å²) in [6.07, 6.45) is 44.7. The first-order valence-electron chi connectivity index (χ1n) is 32.0. The lowest BCUT2D eigenvalue weighted by molar-refractivity contribution is -0.697. The predicted octanol–water partition coefficient (Wildman–Crippen LogP) is 14.2. The van der Waals surface area contributed by atoms with Gasteiger partial charge in [-0.25, -0.2) is 28.2 Å². The first kappa shape index (κ1) is 63.6. The number of fused-ring (bicyclic) bond motifs is 8. The third kappa shape index (κ3) is 18.6. The quantitative estimate of drug-likeness (QED) is 0.0161. The summed E-state index contributed by atoms with van der Waals surface area (Å²) in [5, 5.41) is 36.6. The van der Waals surface area contributed by atoms with Crippen molar-refractivity contribution in [3.8, 4) is 44.5 Å². The molecule has 2 aliphatic heterocycles. The van der Waals surface area contributed by atoms with Crippen molar-refractivity contribution in [3.63, 3.8) is 0 Å². The van der Waals surface area contributed by atoms with Gasteiger partial charge in [0.2, 0.25) is 0 Å². The number of carboxylic acid groups (broad SMARTS) is 4. The van der Waals surface area contributed by atoms with E-state index in [1.165, 1.54) is 0 Å². The minimum Gasteiger partial charge on any atom is -0.481 e. The molecule has 7 aromatic rings. The largest absolute Gasteiger partial charge is 0.481 e. The van der Waals surface area contributed by atoms with Gasteiger partial charge in [0.1, 0.15) is 26.2 Å². The van der Waals surface area contributed by atoms with Gasteiger partial charge >= 0.3 is 23.9 Å². The Kier molecular flexibility index (Phi) is 23.6.